The van der Waals surface area contributed by atoms with Crippen LogP contribution in [0.5, 0.6) is 5.75 Å². The molecule has 0 unspecified atom stereocenters. The van der Waals surface area contributed by atoms with Crippen LogP contribution in [0.2, 0.25) is 5.02 Å². The third kappa shape index (κ3) is 5.73. The van der Waals surface area contributed by atoms with Crippen LogP contribution in [0.25, 0.3) is 0 Å². The third-order valence-corrected chi connectivity index (χ3v) is 3.21. The topological polar surface area (TPSA) is 64.6 Å². The van der Waals surface area contributed by atoms with Gasteiger partial charge in [-0.3, -0.25) is 4.79 Å². The standard InChI is InChI=1S/C17H16ClNO4/c1-12(20)19-14-6-8-15(9-7-14)23-17(21)11-22-10-13-4-2-3-5-16(13)18/h2-9H,10-11H2,1H3,(H,19,20). The maximum Gasteiger partial charge on any atom is 0.337 e. The van der Waals surface area contributed by atoms with Crippen molar-refractivity contribution in [3.05, 3.63) is 59.1 Å². The number of hydrogen-bond donors (Lipinski definition) is 1. The van der Waals surface area contributed by atoms with Gasteiger partial charge in [-0.2, -0.15) is 0 Å². The Bertz CT molecular complexity index is 685. The molecule has 0 aromatic heterocycles. The molecule has 0 saturated heterocycles. The van der Waals surface area contributed by atoms with Crippen LogP contribution in [0.15, 0.2) is 48.5 Å². The molecule has 5 nitrogen and oxygen atoms in total. The van der Waals surface area contributed by atoms with Crippen molar-refractivity contribution in [2.75, 3.05) is 11.9 Å². The van der Waals surface area contributed by atoms with Gasteiger partial charge in [0, 0.05) is 17.6 Å². The fourth-order valence-electron chi connectivity index (χ4n) is 1.83. The van der Waals surface area contributed by atoms with Crippen LogP contribution in [-0.4, -0.2) is 18.5 Å². The van der Waals surface area contributed by atoms with Crippen molar-refractivity contribution in [3.8, 4) is 5.75 Å². The van der Waals surface area contributed by atoms with Crippen LogP contribution in [0.3, 0.4) is 0 Å². The van der Waals surface area contributed by atoms with Gasteiger partial charge in [0.05, 0.1) is 6.61 Å². The molecule has 6 heteroatoms. The van der Waals surface area contributed by atoms with Gasteiger partial charge in [-0.1, -0.05) is 29.8 Å². The van der Waals surface area contributed by atoms with Crippen molar-refractivity contribution in [2.24, 2.45) is 0 Å². The highest BCUT2D eigenvalue weighted by molar-refractivity contribution is 6.31. The molecule has 1 amide bonds. The molecule has 0 saturated carbocycles. The summed E-state index contributed by atoms with van der Waals surface area (Å²) in [4.78, 5) is 22.6. The van der Waals surface area contributed by atoms with E-state index in [0.717, 1.165) is 5.56 Å². The molecule has 0 bridgehead atoms. The van der Waals surface area contributed by atoms with E-state index in [1.165, 1.54) is 6.92 Å². The molecule has 0 radical (unpaired) electrons. The third-order valence-electron chi connectivity index (χ3n) is 2.84. The van der Waals surface area contributed by atoms with Crippen molar-refractivity contribution in [1.82, 2.24) is 0 Å². The van der Waals surface area contributed by atoms with Crippen molar-refractivity contribution >= 4 is 29.2 Å². The molecule has 0 aliphatic heterocycles. The summed E-state index contributed by atoms with van der Waals surface area (Å²) >= 11 is 5.99. The van der Waals surface area contributed by atoms with Crippen molar-refractivity contribution < 1.29 is 19.1 Å². The highest BCUT2D eigenvalue weighted by atomic mass is 35.5. The molecular weight excluding hydrogens is 318 g/mol. The first-order chi connectivity index (χ1) is 11.0. The van der Waals surface area contributed by atoms with Gasteiger partial charge < -0.3 is 14.8 Å². The lowest BCUT2D eigenvalue weighted by atomic mass is 10.2. The lowest BCUT2D eigenvalue weighted by Crippen LogP contribution is -2.15. The second kappa shape index (κ2) is 8.31. The molecule has 0 spiro atoms. The van der Waals surface area contributed by atoms with E-state index in [1.54, 1.807) is 30.3 Å². The molecule has 0 heterocycles. The van der Waals surface area contributed by atoms with Gasteiger partial charge in [0.15, 0.2) is 0 Å². The van der Waals surface area contributed by atoms with Crippen molar-refractivity contribution in [2.45, 2.75) is 13.5 Å². The van der Waals surface area contributed by atoms with Gasteiger partial charge in [-0.25, -0.2) is 4.79 Å². The summed E-state index contributed by atoms with van der Waals surface area (Å²) in [7, 11) is 0. The number of carbonyl (C=O) groups excluding carboxylic acids is 2. The predicted octanol–water partition coefficient (Wildman–Crippen LogP) is 3.42. The molecule has 1 N–H and O–H groups in total. The largest absolute Gasteiger partial charge is 0.425 e. The average molecular weight is 334 g/mol. The molecule has 0 fully saturated rings. The number of benzene rings is 2. The summed E-state index contributed by atoms with van der Waals surface area (Å²) in [6.07, 6.45) is 0. The average Bonchev–Trinajstić information content (AvgIpc) is 2.51. The number of nitrogens with one attached hydrogen (secondary N) is 1. The van der Waals surface area contributed by atoms with Gasteiger partial charge in [-0.15, -0.1) is 0 Å². The SMILES string of the molecule is CC(=O)Nc1ccc(OC(=O)COCc2ccccc2Cl)cc1. The molecule has 0 aliphatic carbocycles. The first kappa shape index (κ1) is 17.0. The van der Waals surface area contributed by atoms with Crippen molar-refractivity contribution in [3.63, 3.8) is 0 Å². The fourth-order valence-corrected chi connectivity index (χ4v) is 2.02. The molecule has 0 aliphatic rings. The normalized spacial score (nSPS) is 10.2. The Hall–Kier alpha value is -2.37. The minimum atomic E-state index is -0.510. The van der Waals surface area contributed by atoms with E-state index >= 15 is 0 Å². The number of esters is 1. The second-order valence-electron chi connectivity index (χ2n) is 4.76. The molecule has 2 aromatic carbocycles. The summed E-state index contributed by atoms with van der Waals surface area (Å²) in [5.74, 6) is -0.294. The summed E-state index contributed by atoms with van der Waals surface area (Å²) < 4.78 is 10.4. The monoisotopic (exact) mass is 333 g/mol. The maximum atomic E-state index is 11.7. The van der Waals surface area contributed by atoms with E-state index in [1.807, 2.05) is 18.2 Å². The van der Waals surface area contributed by atoms with E-state index in [0.29, 0.717) is 16.5 Å². The van der Waals surface area contributed by atoms with E-state index in [-0.39, 0.29) is 19.1 Å². The number of hydrogen-bond acceptors (Lipinski definition) is 4. The van der Waals surface area contributed by atoms with E-state index in [9.17, 15) is 9.59 Å². The Kier molecular flexibility index (Phi) is 6.14. The molecular formula is C17H16ClNO4. The molecule has 0 atom stereocenters. The smallest absolute Gasteiger partial charge is 0.337 e. The highest BCUT2D eigenvalue weighted by Gasteiger charge is 2.07. The Morgan fingerprint density at radius 3 is 2.43 bits per heavy atom. The Morgan fingerprint density at radius 2 is 1.78 bits per heavy atom. The van der Waals surface area contributed by atoms with E-state index in [4.69, 9.17) is 21.1 Å². The van der Waals surface area contributed by atoms with Crippen molar-refractivity contribution in [1.29, 1.82) is 0 Å². The number of halogens is 1. The zero-order valence-electron chi connectivity index (χ0n) is 12.5. The summed E-state index contributed by atoms with van der Waals surface area (Å²) in [6, 6.07) is 13.7. The van der Waals surface area contributed by atoms with Crippen LogP contribution in [-0.2, 0) is 20.9 Å². The quantitative estimate of drug-likeness (QED) is 0.650. The Balaban J connectivity index is 1.78. The molecule has 2 rings (SSSR count). The van der Waals surface area contributed by atoms with E-state index < -0.39 is 5.97 Å². The second-order valence-corrected chi connectivity index (χ2v) is 5.17. The molecule has 23 heavy (non-hydrogen) atoms. The van der Waals surface area contributed by atoms with Gasteiger partial charge in [-0.05, 0) is 35.9 Å². The number of amides is 1. The van der Waals surface area contributed by atoms with Crippen LogP contribution in [0.1, 0.15) is 12.5 Å². The minimum Gasteiger partial charge on any atom is -0.425 e. The first-order valence-electron chi connectivity index (χ1n) is 6.94. The number of carbonyl (C=O) groups is 2. The van der Waals surface area contributed by atoms with Gasteiger partial charge in [0.25, 0.3) is 0 Å². The molecule has 120 valence electrons. The van der Waals surface area contributed by atoms with Crippen LogP contribution < -0.4 is 10.1 Å². The summed E-state index contributed by atoms with van der Waals surface area (Å²) in [5.41, 5.74) is 1.44. The fraction of sp³-hybridized carbons (Fsp3) is 0.176. The lowest BCUT2D eigenvalue weighted by Gasteiger charge is -2.07. The summed E-state index contributed by atoms with van der Waals surface area (Å²) in [5, 5.41) is 3.22. The van der Waals surface area contributed by atoms with Gasteiger partial charge in [0.2, 0.25) is 5.91 Å². The van der Waals surface area contributed by atoms with Crippen LogP contribution in [0.4, 0.5) is 5.69 Å². The zero-order chi connectivity index (χ0) is 16.7. The number of ether oxygens (including phenoxy) is 2. The number of anilines is 1. The predicted molar refractivity (Wildman–Crippen MR) is 87.5 cm³/mol. The van der Waals surface area contributed by atoms with Crippen LogP contribution in [0, 0.1) is 0 Å². The summed E-state index contributed by atoms with van der Waals surface area (Å²) in [6.45, 7) is 1.47. The number of rotatable bonds is 6. The van der Waals surface area contributed by atoms with Gasteiger partial charge >= 0.3 is 5.97 Å². The Labute approximate surface area is 139 Å². The first-order valence-corrected chi connectivity index (χ1v) is 7.32. The Morgan fingerprint density at radius 1 is 1.09 bits per heavy atom. The minimum absolute atomic E-state index is 0.164. The van der Waals surface area contributed by atoms with E-state index in [2.05, 4.69) is 5.32 Å². The molecule has 2 aromatic rings. The maximum absolute atomic E-state index is 11.7. The van der Waals surface area contributed by atoms with Crippen LogP contribution >= 0.6 is 11.6 Å². The lowest BCUT2D eigenvalue weighted by molar-refractivity contribution is -0.139. The highest BCUT2D eigenvalue weighted by Crippen LogP contribution is 2.17. The zero-order valence-corrected chi connectivity index (χ0v) is 13.3. The van der Waals surface area contributed by atoms with Gasteiger partial charge in [0.1, 0.15) is 12.4 Å².